The standard InChI is InChI=1S/C23H25NO5/c1-26-16-7-9-19(21(12-16)28-3)20-5-4-10-24(20)23(25)11-15-14-29-22-13-17(27-2)6-8-18(15)22/h6-9,12-14,20H,4-5,10-11H2,1-3H3/t20-/m0/s1. The molecule has 3 aromatic rings. The fourth-order valence-electron chi connectivity index (χ4n) is 4.07. The summed E-state index contributed by atoms with van der Waals surface area (Å²) in [5.41, 5.74) is 2.63. The second-order valence-electron chi connectivity index (χ2n) is 7.15. The molecule has 1 atom stereocenters. The number of furan rings is 1. The molecule has 0 radical (unpaired) electrons. The molecule has 1 amide bonds. The molecule has 1 aromatic heterocycles. The lowest BCUT2D eigenvalue weighted by Crippen LogP contribution is -2.32. The Morgan fingerprint density at radius 2 is 1.83 bits per heavy atom. The molecule has 29 heavy (non-hydrogen) atoms. The maximum Gasteiger partial charge on any atom is 0.227 e. The van der Waals surface area contributed by atoms with Crippen molar-refractivity contribution < 1.29 is 23.4 Å². The molecular formula is C23H25NO5. The van der Waals surface area contributed by atoms with Crippen LogP contribution in [-0.2, 0) is 11.2 Å². The van der Waals surface area contributed by atoms with Crippen LogP contribution in [0.25, 0.3) is 11.0 Å². The van der Waals surface area contributed by atoms with Crippen LogP contribution < -0.4 is 14.2 Å². The summed E-state index contributed by atoms with van der Waals surface area (Å²) in [5.74, 6) is 2.30. The van der Waals surface area contributed by atoms with Crippen molar-refractivity contribution in [3.8, 4) is 17.2 Å². The molecule has 0 aliphatic carbocycles. The lowest BCUT2D eigenvalue weighted by Gasteiger charge is -2.26. The third-order valence-electron chi connectivity index (χ3n) is 5.58. The zero-order valence-corrected chi connectivity index (χ0v) is 16.9. The average molecular weight is 395 g/mol. The molecule has 1 aliphatic heterocycles. The zero-order chi connectivity index (χ0) is 20.4. The first-order chi connectivity index (χ1) is 14.1. The van der Waals surface area contributed by atoms with E-state index in [4.69, 9.17) is 18.6 Å². The minimum atomic E-state index is 0.00150. The molecule has 0 spiro atoms. The van der Waals surface area contributed by atoms with Gasteiger partial charge in [-0.2, -0.15) is 0 Å². The van der Waals surface area contributed by atoms with E-state index in [1.54, 1.807) is 27.6 Å². The van der Waals surface area contributed by atoms with E-state index in [1.165, 1.54) is 0 Å². The van der Waals surface area contributed by atoms with Crippen LogP contribution in [0.1, 0.15) is 30.0 Å². The van der Waals surface area contributed by atoms with Crippen LogP contribution in [0, 0.1) is 0 Å². The summed E-state index contributed by atoms with van der Waals surface area (Å²) in [4.78, 5) is 15.1. The van der Waals surface area contributed by atoms with E-state index < -0.39 is 0 Å². The highest BCUT2D eigenvalue weighted by atomic mass is 16.5. The van der Waals surface area contributed by atoms with Gasteiger partial charge in [-0.3, -0.25) is 4.79 Å². The van der Waals surface area contributed by atoms with Crippen molar-refractivity contribution in [3.63, 3.8) is 0 Å². The van der Waals surface area contributed by atoms with E-state index in [1.807, 2.05) is 41.3 Å². The van der Waals surface area contributed by atoms with Crippen LogP contribution in [0.15, 0.2) is 47.1 Å². The molecule has 1 aliphatic rings. The number of nitrogens with zero attached hydrogens (tertiary/aromatic N) is 1. The van der Waals surface area contributed by atoms with Crippen molar-refractivity contribution in [2.75, 3.05) is 27.9 Å². The molecule has 0 N–H and O–H groups in total. The molecule has 1 fully saturated rings. The number of hydrogen-bond donors (Lipinski definition) is 0. The Labute approximate surface area is 170 Å². The minimum Gasteiger partial charge on any atom is -0.497 e. The van der Waals surface area contributed by atoms with Crippen molar-refractivity contribution >= 4 is 16.9 Å². The van der Waals surface area contributed by atoms with Crippen LogP contribution in [0.3, 0.4) is 0 Å². The van der Waals surface area contributed by atoms with Gasteiger partial charge in [0, 0.05) is 35.2 Å². The predicted octanol–water partition coefficient (Wildman–Crippen LogP) is 4.36. The van der Waals surface area contributed by atoms with Crippen molar-refractivity contribution in [2.24, 2.45) is 0 Å². The molecule has 152 valence electrons. The van der Waals surface area contributed by atoms with E-state index in [0.29, 0.717) is 6.42 Å². The SMILES string of the molecule is COc1ccc([C@@H]2CCCN2C(=O)Cc2coc3cc(OC)ccc23)c(OC)c1. The second-order valence-corrected chi connectivity index (χ2v) is 7.15. The van der Waals surface area contributed by atoms with Crippen molar-refractivity contribution in [1.82, 2.24) is 4.90 Å². The van der Waals surface area contributed by atoms with E-state index in [-0.39, 0.29) is 11.9 Å². The van der Waals surface area contributed by atoms with Gasteiger partial charge in [-0.25, -0.2) is 0 Å². The van der Waals surface area contributed by atoms with E-state index in [2.05, 4.69) is 0 Å². The molecule has 6 heteroatoms. The first-order valence-electron chi connectivity index (χ1n) is 9.70. The Kier molecular flexibility index (Phi) is 5.34. The van der Waals surface area contributed by atoms with E-state index >= 15 is 0 Å². The van der Waals surface area contributed by atoms with Gasteiger partial charge < -0.3 is 23.5 Å². The topological polar surface area (TPSA) is 61.1 Å². The van der Waals surface area contributed by atoms with E-state index in [9.17, 15) is 4.79 Å². The third-order valence-corrected chi connectivity index (χ3v) is 5.58. The molecule has 0 bridgehead atoms. The molecule has 1 saturated heterocycles. The molecule has 0 saturated carbocycles. The van der Waals surface area contributed by atoms with Crippen molar-refractivity contribution in [2.45, 2.75) is 25.3 Å². The van der Waals surface area contributed by atoms with Crippen LogP contribution in [0.4, 0.5) is 0 Å². The highest BCUT2D eigenvalue weighted by molar-refractivity contribution is 5.88. The molecule has 4 rings (SSSR count). The summed E-state index contributed by atoms with van der Waals surface area (Å²) < 4.78 is 21.7. The van der Waals surface area contributed by atoms with Crippen LogP contribution in [0.2, 0.25) is 0 Å². The molecule has 0 unspecified atom stereocenters. The van der Waals surface area contributed by atoms with Gasteiger partial charge in [-0.15, -0.1) is 0 Å². The number of fused-ring (bicyclic) bond motifs is 1. The summed E-state index contributed by atoms with van der Waals surface area (Å²) in [6, 6.07) is 11.4. The van der Waals surface area contributed by atoms with E-state index in [0.717, 1.165) is 58.7 Å². The van der Waals surface area contributed by atoms with Crippen molar-refractivity contribution in [1.29, 1.82) is 0 Å². The Hall–Kier alpha value is -3.15. The van der Waals surface area contributed by atoms with Gasteiger partial charge >= 0.3 is 0 Å². The van der Waals surface area contributed by atoms with Crippen molar-refractivity contribution in [3.05, 3.63) is 53.8 Å². The highest BCUT2D eigenvalue weighted by Gasteiger charge is 2.32. The number of rotatable bonds is 6. The van der Waals surface area contributed by atoms with Gasteiger partial charge in [0.05, 0.1) is 40.1 Å². The van der Waals surface area contributed by atoms with Gasteiger partial charge in [-0.05, 0) is 37.1 Å². The van der Waals surface area contributed by atoms with Gasteiger partial charge in [0.15, 0.2) is 0 Å². The summed E-state index contributed by atoms with van der Waals surface area (Å²) in [6.45, 7) is 0.738. The van der Waals surface area contributed by atoms with Crippen LogP contribution >= 0.6 is 0 Å². The third kappa shape index (κ3) is 3.62. The minimum absolute atomic E-state index is 0.00150. The Morgan fingerprint density at radius 1 is 1.07 bits per heavy atom. The summed E-state index contributed by atoms with van der Waals surface area (Å²) >= 11 is 0. The lowest BCUT2D eigenvalue weighted by atomic mass is 10.0. The number of carbonyl (C=O) groups excluding carboxylic acids is 1. The number of amides is 1. The Balaban J connectivity index is 1.57. The monoisotopic (exact) mass is 395 g/mol. The Bertz CT molecular complexity index is 1030. The molecule has 6 nitrogen and oxygen atoms in total. The predicted molar refractivity (Wildman–Crippen MR) is 110 cm³/mol. The number of likely N-dealkylation sites (tertiary alicyclic amines) is 1. The number of carbonyl (C=O) groups is 1. The zero-order valence-electron chi connectivity index (χ0n) is 16.9. The first kappa shape index (κ1) is 19.2. The number of hydrogen-bond acceptors (Lipinski definition) is 5. The fraction of sp³-hybridized carbons (Fsp3) is 0.348. The smallest absolute Gasteiger partial charge is 0.227 e. The van der Waals surface area contributed by atoms with Crippen LogP contribution in [0.5, 0.6) is 17.2 Å². The highest BCUT2D eigenvalue weighted by Crippen LogP contribution is 2.39. The normalized spacial score (nSPS) is 16.2. The Morgan fingerprint density at radius 3 is 2.59 bits per heavy atom. The molecular weight excluding hydrogens is 370 g/mol. The maximum absolute atomic E-state index is 13.2. The van der Waals surface area contributed by atoms with Gasteiger partial charge in [0.2, 0.25) is 5.91 Å². The average Bonchev–Trinajstić information content (AvgIpc) is 3.40. The maximum atomic E-state index is 13.2. The number of ether oxygens (including phenoxy) is 3. The second kappa shape index (κ2) is 8.07. The fourth-order valence-corrected chi connectivity index (χ4v) is 4.07. The summed E-state index contributed by atoms with van der Waals surface area (Å²) in [5, 5.41) is 0.942. The lowest BCUT2D eigenvalue weighted by molar-refractivity contribution is -0.131. The quantitative estimate of drug-likeness (QED) is 0.620. The number of methoxy groups -OCH3 is 3. The van der Waals surface area contributed by atoms with Gasteiger partial charge in [-0.1, -0.05) is 0 Å². The first-order valence-corrected chi connectivity index (χ1v) is 9.70. The number of benzene rings is 2. The molecule has 2 heterocycles. The molecule has 2 aromatic carbocycles. The largest absolute Gasteiger partial charge is 0.497 e. The van der Waals surface area contributed by atoms with Crippen LogP contribution in [-0.4, -0.2) is 38.7 Å². The summed E-state index contributed by atoms with van der Waals surface area (Å²) in [7, 11) is 4.89. The van der Waals surface area contributed by atoms with Gasteiger partial charge in [0.25, 0.3) is 0 Å². The van der Waals surface area contributed by atoms with Gasteiger partial charge in [0.1, 0.15) is 22.8 Å². The summed E-state index contributed by atoms with van der Waals surface area (Å²) in [6.07, 6.45) is 3.85.